The van der Waals surface area contributed by atoms with Crippen molar-refractivity contribution >= 4 is 15.9 Å². The third-order valence-corrected chi connectivity index (χ3v) is 3.81. The fourth-order valence-electron chi connectivity index (χ4n) is 2.09. The van der Waals surface area contributed by atoms with E-state index in [4.69, 9.17) is 10.6 Å². The zero-order chi connectivity index (χ0) is 14.5. The maximum atomic E-state index is 13.6. The van der Waals surface area contributed by atoms with Gasteiger partial charge in [-0.1, -0.05) is 24.3 Å². The highest BCUT2D eigenvalue weighted by Crippen LogP contribution is 2.26. The van der Waals surface area contributed by atoms with Gasteiger partial charge in [0.1, 0.15) is 11.6 Å². The minimum Gasteiger partial charge on any atom is -0.496 e. The lowest BCUT2D eigenvalue weighted by Crippen LogP contribution is -2.29. The summed E-state index contributed by atoms with van der Waals surface area (Å²) in [4.78, 5) is 0. The van der Waals surface area contributed by atoms with E-state index in [0.29, 0.717) is 10.9 Å². The van der Waals surface area contributed by atoms with Gasteiger partial charge in [-0.2, -0.15) is 0 Å². The molecule has 106 valence electrons. The van der Waals surface area contributed by atoms with Crippen LogP contribution in [0.15, 0.2) is 46.9 Å². The zero-order valence-electron chi connectivity index (χ0n) is 11.1. The second kappa shape index (κ2) is 6.83. The van der Waals surface area contributed by atoms with Gasteiger partial charge in [-0.25, -0.2) is 4.39 Å². The van der Waals surface area contributed by atoms with E-state index < -0.39 is 0 Å². The number of para-hydroxylation sites is 1. The number of nitrogens with two attached hydrogens (primary N) is 1. The number of hydrogen-bond acceptors (Lipinski definition) is 3. The first kappa shape index (κ1) is 15.0. The van der Waals surface area contributed by atoms with Gasteiger partial charge in [0.2, 0.25) is 0 Å². The zero-order valence-corrected chi connectivity index (χ0v) is 12.7. The van der Waals surface area contributed by atoms with Crippen LogP contribution in [0.4, 0.5) is 4.39 Å². The fraction of sp³-hybridized carbons (Fsp3) is 0.200. The predicted molar refractivity (Wildman–Crippen MR) is 80.9 cm³/mol. The van der Waals surface area contributed by atoms with E-state index in [9.17, 15) is 4.39 Å². The third kappa shape index (κ3) is 3.36. The molecule has 0 aliphatic carbocycles. The van der Waals surface area contributed by atoms with Gasteiger partial charge in [0.25, 0.3) is 0 Å². The first-order valence-corrected chi connectivity index (χ1v) is 6.98. The summed E-state index contributed by atoms with van der Waals surface area (Å²) in [6.45, 7) is 0. The molecular weight excluding hydrogens is 323 g/mol. The van der Waals surface area contributed by atoms with Crippen molar-refractivity contribution in [2.45, 2.75) is 12.5 Å². The van der Waals surface area contributed by atoms with E-state index in [-0.39, 0.29) is 11.9 Å². The Kier molecular flexibility index (Phi) is 5.11. The maximum Gasteiger partial charge on any atom is 0.137 e. The van der Waals surface area contributed by atoms with Crippen LogP contribution in [-0.2, 0) is 6.42 Å². The maximum absolute atomic E-state index is 13.6. The van der Waals surface area contributed by atoms with Gasteiger partial charge in [-0.05, 0) is 51.7 Å². The smallest absolute Gasteiger partial charge is 0.137 e. The summed E-state index contributed by atoms with van der Waals surface area (Å²) in [6.07, 6.45) is 0.613. The summed E-state index contributed by atoms with van der Waals surface area (Å²) in [7, 11) is 1.63. The molecule has 1 unspecified atom stereocenters. The van der Waals surface area contributed by atoms with Crippen molar-refractivity contribution in [3.63, 3.8) is 0 Å². The van der Waals surface area contributed by atoms with E-state index in [2.05, 4.69) is 21.4 Å². The highest BCUT2D eigenvalue weighted by atomic mass is 79.9. The number of nitrogens with one attached hydrogen (secondary N) is 1. The van der Waals surface area contributed by atoms with E-state index in [1.54, 1.807) is 13.2 Å². The molecule has 0 saturated carbocycles. The molecule has 0 aromatic heterocycles. The normalized spacial score (nSPS) is 12.2. The van der Waals surface area contributed by atoms with Crippen LogP contribution in [0.25, 0.3) is 0 Å². The number of hydrazine groups is 1. The van der Waals surface area contributed by atoms with Gasteiger partial charge in [-0.3, -0.25) is 11.3 Å². The van der Waals surface area contributed by atoms with Crippen molar-refractivity contribution in [3.8, 4) is 5.75 Å². The molecule has 0 amide bonds. The minimum atomic E-state index is -0.303. The number of hydrogen-bond donors (Lipinski definition) is 2. The Bertz CT molecular complexity index is 592. The molecule has 0 heterocycles. The van der Waals surface area contributed by atoms with E-state index >= 15 is 0 Å². The van der Waals surface area contributed by atoms with Crippen molar-refractivity contribution in [1.82, 2.24) is 5.43 Å². The molecule has 0 aliphatic rings. The van der Waals surface area contributed by atoms with Crippen LogP contribution in [0.1, 0.15) is 17.2 Å². The summed E-state index contributed by atoms with van der Waals surface area (Å²) < 4.78 is 19.4. The Morgan fingerprint density at radius 3 is 2.70 bits per heavy atom. The standard InChI is InChI=1S/C15H16BrFN2O/c1-20-15-5-3-2-4-11(15)9-14(19-18)10-6-7-12(16)13(17)8-10/h2-8,14,19H,9,18H2,1H3. The molecule has 0 spiro atoms. The Balaban J connectivity index is 2.26. The monoisotopic (exact) mass is 338 g/mol. The number of methoxy groups -OCH3 is 1. The fourth-order valence-corrected chi connectivity index (χ4v) is 2.34. The summed E-state index contributed by atoms with van der Waals surface area (Å²) in [5.74, 6) is 6.10. The Labute approximate surface area is 126 Å². The Morgan fingerprint density at radius 2 is 2.05 bits per heavy atom. The lowest BCUT2D eigenvalue weighted by atomic mass is 9.99. The number of rotatable bonds is 5. The predicted octanol–water partition coefficient (Wildman–Crippen LogP) is 3.34. The molecule has 0 radical (unpaired) electrons. The van der Waals surface area contributed by atoms with Gasteiger partial charge in [-0.15, -0.1) is 0 Å². The van der Waals surface area contributed by atoms with Crippen LogP contribution in [0.3, 0.4) is 0 Å². The third-order valence-electron chi connectivity index (χ3n) is 3.16. The molecule has 0 aliphatic heterocycles. The van der Waals surface area contributed by atoms with Crippen molar-refractivity contribution in [2.75, 3.05) is 7.11 Å². The highest BCUT2D eigenvalue weighted by molar-refractivity contribution is 9.10. The van der Waals surface area contributed by atoms with Crippen molar-refractivity contribution in [3.05, 3.63) is 63.9 Å². The molecule has 1 atom stereocenters. The van der Waals surface area contributed by atoms with Crippen molar-refractivity contribution in [2.24, 2.45) is 5.84 Å². The van der Waals surface area contributed by atoms with Crippen molar-refractivity contribution in [1.29, 1.82) is 0 Å². The van der Waals surface area contributed by atoms with Crippen LogP contribution in [-0.4, -0.2) is 7.11 Å². The van der Waals surface area contributed by atoms with Gasteiger partial charge >= 0.3 is 0 Å². The molecule has 0 saturated heterocycles. The number of benzene rings is 2. The molecule has 2 aromatic rings. The molecule has 2 aromatic carbocycles. The molecule has 3 nitrogen and oxygen atoms in total. The molecule has 2 rings (SSSR count). The summed E-state index contributed by atoms with van der Waals surface area (Å²) in [5.41, 5.74) is 4.53. The van der Waals surface area contributed by atoms with E-state index in [1.807, 2.05) is 30.3 Å². The SMILES string of the molecule is COc1ccccc1CC(NN)c1ccc(Br)c(F)c1. The highest BCUT2D eigenvalue weighted by Gasteiger charge is 2.14. The van der Waals surface area contributed by atoms with Crippen LogP contribution < -0.4 is 16.0 Å². The molecule has 20 heavy (non-hydrogen) atoms. The van der Waals surface area contributed by atoms with Crippen LogP contribution >= 0.6 is 15.9 Å². The topological polar surface area (TPSA) is 47.3 Å². The van der Waals surface area contributed by atoms with E-state index in [1.165, 1.54) is 6.07 Å². The number of halogens is 2. The second-order valence-corrected chi connectivity index (χ2v) is 5.26. The Morgan fingerprint density at radius 1 is 1.30 bits per heavy atom. The molecule has 0 fully saturated rings. The molecular formula is C15H16BrFN2O. The minimum absolute atomic E-state index is 0.186. The first-order chi connectivity index (χ1) is 9.65. The largest absolute Gasteiger partial charge is 0.496 e. The van der Waals surface area contributed by atoms with Crippen LogP contribution in [0, 0.1) is 5.82 Å². The molecule has 3 N–H and O–H groups in total. The molecule has 5 heteroatoms. The van der Waals surface area contributed by atoms with Gasteiger partial charge in [0.05, 0.1) is 17.6 Å². The summed E-state index contributed by atoms with van der Waals surface area (Å²) in [5, 5.41) is 0. The Hall–Kier alpha value is -1.43. The quantitative estimate of drug-likeness (QED) is 0.649. The van der Waals surface area contributed by atoms with Crippen molar-refractivity contribution < 1.29 is 9.13 Å². The lowest BCUT2D eigenvalue weighted by molar-refractivity contribution is 0.405. The lowest BCUT2D eigenvalue weighted by Gasteiger charge is -2.18. The van der Waals surface area contributed by atoms with Gasteiger partial charge < -0.3 is 4.74 Å². The average molecular weight is 339 g/mol. The number of ether oxygens (including phenoxy) is 1. The van der Waals surface area contributed by atoms with Crippen LogP contribution in [0.5, 0.6) is 5.75 Å². The van der Waals surface area contributed by atoms with Crippen LogP contribution in [0.2, 0.25) is 0 Å². The second-order valence-electron chi connectivity index (χ2n) is 4.41. The van der Waals surface area contributed by atoms with Gasteiger partial charge in [0.15, 0.2) is 0 Å². The molecule has 0 bridgehead atoms. The average Bonchev–Trinajstić information content (AvgIpc) is 2.48. The van der Waals surface area contributed by atoms with E-state index in [0.717, 1.165) is 16.9 Å². The summed E-state index contributed by atoms with van der Waals surface area (Å²) in [6, 6.07) is 12.5. The first-order valence-electron chi connectivity index (χ1n) is 6.18. The summed E-state index contributed by atoms with van der Waals surface area (Å²) >= 11 is 3.14. The van der Waals surface area contributed by atoms with Gasteiger partial charge in [0, 0.05) is 0 Å².